The molecule has 2 aromatic rings. The van der Waals surface area contributed by atoms with Gasteiger partial charge in [0.05, 0.1) is 25.7 Å². The molecule has 0 radical (unpaired) electrons. The summed E-state index contributed by atoms with van der Waals surface area (Å²) in [7, 11) is 3.03. The van der Waals surface area contributed by atoms with E-state index in [0.717, 1.165) is 22.6 Å². The van der Waals surface area contributed by atoms with E-state index >= 15 is 0 Å². The fourth-order valence-corrected chi connectivity index (χ4v) is 2.63. The zero-order chi connectivity index (χ0) is 14.9. The molecule has 0 saturated heterocycles. The summed E-state index contributed by atoms with van der Waals surface area (Å²) in [5, 5.41) is -0.170. The van der Waals surface area contributed by atoms with Crippen LogP contribution < -0.4 is 4.74 Å². The molecule has 0 spiro atoms. The van der Waals surface area contributed by atoms with Gasteiger partial charge in [-0.05, 0) is 13.8 Å². The normalized spacial score (nSPS) is 11.6. The maximum Gasteiger partial charge on any atom is 0.280 e. The van der Waals surface area contributed by atoms with Crippen LogP contribution in [-0.4, -0.2) is 30.1 Å². The Morgan fingerprint density at radius 2 is 2.05 bits per heavy atom. The van der Waals surface area contributed by atoms with Crippen molar-refractivity contribution < 1.29 is 13.2 Å². The van der Waals surface area contributed by atoms with Crippen molar-refractivity contribution in [3.8, 4) is 5.75 Å². The zero-order valence-electron chi connectivity index (χ0n) is 11.3. The van der Waals surface area contributed by atoms with E-state index in [0.29, 0.717) is 6.54 Å². The van der Waals surface area contributed by atoms with E-state index < -0.39 is 9.05 Å². The van der Waals surface area contributed by atoms with Crippen molar-refractivity contribution in [3.05, 3.63) is 35.5 Å². The molecule has 0 aliphatic carbocycles. The van der Waals surface area contributed by atoms with Crippen LogP contribution in [0.15, 0.2) is 23.7 Å². The van der Waals surface area contributed by atoms with Gasteiger partial charge in [-0.2, -0.15) is 0 Å². The van der Waals surface area contributed by atoms with Crippen LogP contribution >= 0.6 is 10.7 Å². The van der Waals surface area contributed by atoms with E-state index in [9.17, 15) is 8.42 Å². The molecular formula is C12H14ClN3O3S. The molecule has 2 heterocycles. The third kappa shape index (κ3) is 2.94. The smallest absolute Gasteiger partial charge is 0.280 e. The minimum atomic E-state index is -3.81. The first-order valence-electron chi connectivity index (χ1n) is 5.78. The number of aromatic nitrogens is 3. The Labute approximate surface area is 121 Å². The number of ether oxygens (including phenoxy) is 1. The number of methoxy groups -OCH3 is 1. The minimum absolute atomic E-state index is 0.170. The van der Waals surface area contributed by atoms with Crippen LogP contribution in [0.25, 0.3) is 0 Å². The van der Waals surface area contributed by atoms with Crippen molar-refractivity contribution >= 4 is 19.7 Å². The van der Waals surface area contributed by atoms with E-state index in [1.54, 1.807) is 17.9 Å². The van der Waals surface area contributed by atoms with E-state index in [4.69, 9.17) is 15.4 Å². The fraction of sp³-hybridized carbons (Fsp3) is 0.333. The topological polar surface area (TPSA) is 74.1 Å². The monoisotopic (exact) mass is 315 g/mol. The van der Waals surface area contributed by atoms with Gasteiger partial charge in [0.15, 0.2) is 5.03 Å². The molecule has 0 bridgehead atoms. The molecule has 0 aromatic carbocycles. The highest BCUT2D eigenvalue weighted by Crippen LogP contribution is 2.24. The number of halogens is 1. The van der Waals surface area contributed by atoms with Crippen molar-refractivity contribution in [2.75, 3.05) is 7.11 Å². The maximum atomic E-state index is 11.2. The minimum Gasteiger partial charge on any atom is -0.496 e. The lowest BCUT2D eigenvalue weighted by Crippen LogP contribution is -2.04. The third-order valence-corrected chi connectivity index (χ3v) is 4.13. The highest BCUT2D eigenvalue weighted by molar-refractivity contribution is 8.13. The number of nitrogens with zero attached hydrogens (tertiary/aromatic N) is 3. The van der Waals surface area contributed by atoms with Gasteiger partial charge in [0.1, 0.15) is 5.75 Å². The number of hydrogen-bond acceptors (Lipinski definition) is 5. The van der Waals surface area contributed by atoms with Crippen LogP contribution in [0.2, 0.25) is 0 Å². The molecular weight excluding hydrogens is 302 g/mol. The quantitative estimate of drug-likeness (QED) is 0.805. The molecule has 0 amide bonds. The maximum absolute atomic E-state index is 11.2. The summed E-state index contributed by atoms with van der Waals surface area (Å²) in [6.07, 6.45) is 4.50. The van der Waals surface area contributed by atoms with Gasteiger partial charge in [-0.15, -0.1) is 0 Å². The van der Waals surface area contributed by atoms with Gasteiger partial charge >= 0.3 is 0 Å². The van der Waals surface area contributed by atoms with Crippen LogP contribution in [0.1, 0.15) is 16.8 Å². The summed E-state index contributed by atoms with van der Waals surface area (Å²) in [5.74, 6) is 0.778. The molecule has 2 rings (SSSR count). The second-order valence-corrected chi connectivity index (χ2v) is 6.88. The summed E-state index contributed by atoms with van der Waals surface area (Å²) in [6, 6.07) is 0. The molecule has 0 saturated carbocycles. The number of hydrogen-bond donors (Lipinski definition) is 0. The van der Waals surface area contributed by atoms with Gasteiger partial charge in [0.2, 0.25) is 0 Å². The molecule has 6 nitrogen and oxygen atoms in total. The second kappa shape index (κ2) is 5.41. The first-order valence-corrected chi connectivity index (χ1v) is 8.09. The van der Waals surface area contributed by atoms with Crippen LogP contribution in [-0.2, 0) is 15.6 Å². The van der Waals surface area contributed by atoms with E-state index in [-0.39, 0.29) is 5.03 Å². The summed E-state index contributed by atoms with van der Waals surface area (Å²) >= 11 is 0. The second-order valence-electron chi connectivity index (χ2n) is 4.37. The van der Waals surface area contributed by atoms with E-state index in [1.807, 2.05) is 13.8 Å². The molecule has 0 N–H and O–H groups in total. The molecule has 0 unspecified atom stereocenters. The Balaban J connectivity index is 2.34. The number of imidazole rings is 1. The lowest BCUT2D eigenvalue weighted by atomic mass is 10.1. The van der Waals surface area contributed by atoms with Gasteiger partial charge in [-0.1, -0.05) is 0 Å². The fourth-order valence-electron chi connectivity index (χ4n) is 1.96. The Kier molecular flexibility index (Phi) is 4.01. The van der Waals surface area contributed by atoms with E-state index in [2.05, 4.69) is 9.97 Å². The predicted octanol–water partition coefficient (Wildman–Crippen LogP) is 1.88. The van der Waals surface area contributed by atoms with Gasteiger partial charge in [0.25, 0.3) is 9.05 Å². The Morgan fingerprint density at radius 1 is 1.35 bits per heavy atom. The molecule has 8 heteroatoms. The van der Waals surface area contributed by atoms with Crippen molar-refractivity contribution in [3.63, 3.8) is 0 Å². The molecule has 0 aliphatic rings. The van der Waals surface area contributed by atoms with Gasteiger partial charge < -0.3 is 9.30 Å². The Morgan fingerprint density at radius 3 is 2.60 bits per heavy atom. The van der Waals surface area contributed by atoms with E-state index in [1.165, 1.54) is 12.5 Å². The number of rotatable bonds is 4. The molecule has 20 heavy (non-hydrogen) atoms. The Hall–Kier alpha value is -1.60. The summed E-state index contributed by atoms with van der Waals surface area (Å²) < 4.78 is 29.3. The summed E-state index contributed by atoms with van der Waals surface area (Å²) in [6.45, 7) is 4.21. The van der Waals surface area contributed by atoms with Gasteiger partial charge in [-0.25, -0.2) is 13.4 Å². The average molecular weight is 316 g/mol. The van der Waals surface area contributed by atoms with Crippen molar-refractivity contribution in [2.45, 2.75) is 25.4 Å². The summed E-state index contributed by atoms with van der Waals surface area (Å²) in [5.41, 5.74) is 2.64. The van der Waals surface area contributed by atoms with Gasteiger partial charge in [0, 0.05) is 34.2 Å². The van der Waals surface area contributed by atoms with Crippen molar-refractivity contribution in [2.24, 2.45) is 0 Å². The predicted molar refractivity (Wildman–Crippen MR) is 74.6 cm³/mol. The molecule has 0 fully saturated rings. The lowest BCUT2D eigenvalue weighted by molar-refractivity contribution is 0.406. The first-order chi connectivity index (χ1) is 9.32. The van der Waals surface area contributed by atoms with Crippen LogP contribution in [0.3, 0.4) is 0 Å². The summed E-state index contributed by atoms with van der Waals surface area (Å²) in [4.78, 5) is 8.10. The Bertz CT molecular complexity index is 740. The standard InChI is InChI=1S/C12H14ClN3O3S/c1-8-4-14-10(9(2)12(8)19-3)5-16-6-11(15-7-16)20(13,17)18/h4,6-7H,5H2,1-3H3. The lowest BCUT2D eigenvalue weighted by Gasteiger charge is -2.12. The molecule has 2 aromatic heterocycles. The average Bonchev–Trinajstić information content (AvgIpc) is 2.82. The van der Waals surface area contributed by atoms with Crippen LogP contribution in [0.4, 0.5) is 0 Å². The third-order valence-electron chi connectivity index (χ3n) is 2.94. The SMILES string of the molecule is COc1c(C)cnc(Cn2cnc(S(=O)(=O)Cl)c2)c1C. The van der Waals surface area contributed by atoms with Gasteiger partial charge in [-0.3, -0.25) is 4.98 Å². The van der Waals surface area contributed by atoms with Crippen LogP contribution in [0.5, 0.6) is 5.75 Å². The molecule has 0 aliphatic heterocycles. The van der Waals surface area contributed by atoms with Crippen molar-refractivity contribution in [1.29, 1.82) is 0 Å². The highest BCUT2D eigenvalue weighted by Gasteiger charge is 2.15. The zero-order valence-corrected chi connectivity index (χ0v) is 12.9. The molecule has 108 valence electrons. The molecule has 0 atom stereocenters. The number of aryl methyl sites for hydroxylation is 1. The van der Waals surface area contributed by atoms with Crippen LogP contribution in [0, 0.1) is 13.8 Å². The largest absolute Gasteiger partial charge is 0.496 e. The number of pyridine rings is 1. The van der Waals surface area contributed by atoms with Crippen molar-refractivity contribution in [1.82, 2.24) is 14.5 Å². The highest BCUT2D eigenvalue weighted by atomic mass is 35.7. The first kappa shape index (κ1) is 14.8.